The molecule has 1 aromatic rings. The summed E-state index contributed by atoms with van der Waals surface area (Å²) in [6.07, 6.45) is 1.59. The minimum atomic E-state index is -1.24. The maximum atomic E-state index is 14.6. The van der Waals surface area contributed by atoms with Crippen molar-refractivity contribution in [2.24, 2.45) is 0 Å². The molecule has 0 amide bonds. The van der Waals surface area contributed by atoms with Gasteiger partial charge in [-0.25, -0.2) is 17.6 Å². The van der Waals surface area contributed by atoms with E-state index in [2.05, 4.69) is 0 Å². The van der Waals surface area contributed by atoms with Crippen LogP contribution in [0.2, 0.25) is 0 Å². The molecule has 0 N–H and O–H groups in total. The molecule has 0 saturated heterocycles. The maximum absolute atomic E-state index is 14.6. The molecule has 1 aromatic carbocycles. The van der Waals surface area contributed by atoms with Crippen molar-refractivity contribution in [3.63, 3.8) is 0 Å². The Bertz CT molecular complexity index is 463. The predicted octanol–water partition coefficient (Wildman–Crippen LogP) is 6.40. The van der Waals surface area contributed by atoms with Gasteiger partial charge in [0.25, 0.3) is 0 Å². The summed E-state index contributed by atoms with van der Waals surface area (Å²) in [6, 6.07) is 0. The van der Waals surface area contributed by atoms with E-state index in [-0.39, 0.29) is 0 Å². The third kappa shape index (κ3) is 2.77. The quantitative estimate of drug-likeness (QED) is 0.420. The molecule has 0 aliphatic rings. The van der Waals surface area contributed by atoms with E-state index in [4.69, 9.17) is 0 Å². The molecule has 0 aliphatic heterocycles. The molecule has 4 heteroatoms. The Labute approximate surface area is 130 Å². The zero-order valence-corrected chi connectivity index (χ0v) is 14.3. The van der Waals surface area contributed by atoms with Crippen LogP contribution in [0.4, 0.5) is 17.6 Å². The van der Waals surface area contributed by atoms with E-state index < -0.39 is 45.2 Å². The Morgan fingerprint density at radius 1 is 0.545 bits per heavy atom. The molecule has 0 unspecified atom stereocenters. The second-order valence-corrected chi connectivity index (χ2v) is 6.54. The molecule has 0 atom stereocenters. The Kier molecular flexibility index (Phi) is 5.69. The van der Waals surface area contributed by atoms with Gasteiger partial charge < -0.3 is 0 Å². The van der Waals surface area contributed by atoms with Crippen LogP contribution in [0, 0.1) is 23.3 Å². The van der Waals surface area contributed by atoms with Crippen LogP contribution in [0.3, 0.4) is 0 Å². The average molecular weight is 318 g/mol. The smallest absolute Gasteiger partial charge is 0.166 e. The Hall–Kier alpha value is -1.06. The highest BCUT2D eigenvalue weighted by molar-refractivity contribution is 5.38. The standard InChI is InChI=1S/C18H26F4/c1-7-17(5,8-2)11-13(19)15(21)12(16(22)14(11)20)18(6,9-3)10-4/h7-10H2,1-6H3. The van der Waals surface area contributed by atoms with Gasteiger partial charge in [-0.2, -0.15) is 0 Å². The highest BCUT2D eigenvalue weighted by Gasteiger charge is 2.39. The summed E-state index contributed by atoms with van der Waals surface area (Å²) >= 11 is 0. The van der Waals surface area contributed by atoms with Crippen LogP contribution in [0.5, 0.6) is 0 Å². The van der Waals surface area contributed by atoms with Gasteiger partial charge in [-0.05, 0) is 36.5 Å². The molecular weight excluding hydrogens is 292 g/mol. The SMILES string of the molecule is CCC(C)(CC)c1c(F)c(F)c(C(C)(CC)CC)c(F)c1F. The average Bonchev–Trinajstić information content (AvgIpc) is 2.52. The van der Waals surface area contributed by atoms with Crippen molar-refractivity contribution in [1.29, 1.82) is 0 Å². The van der Waals surface area contributed by atoms with Crippen LogP contribution in [-0.2, 0) is 10.8 Å². The van der Waals surface area contributed by atoms with Gasteiger partial charge in [-0.1, -0.05) is 41.5 Å². The second kappa shape index (κ2) is 6.59. The van der Waals surface area contributed by atoms with Gasteiger partial charge in [-0.3, -0.25) is 0 Å². The third-order valence-corrected chi connectivity index (χ3v) is 5.59. The van der Waals surface area contributed by atoms with Crippen molar-refractivity contribution >= 4 is 0 Å². The summed E-state index contributed by atoms with van der Waals surface area (Å²) in [5.74, 6) is -4.97. The zero-order valence-electron chi connectivity index (χ0n) is 14.3. The lowest BCUT2D eigenvalue weighted by Gasteiger charge is -2.33. The molecule has 0 heterocycles. The van der Waals surface area contributed by atoms with Crippen LogP contribution >= 0.6 is 0 Å². The number of hydrogen-bond acceptors (Lipinski definition) is 0. The van der Waals surface area contributed by atoms with E-state index in [1.54, 1.807) is 41.5 Å². The van der Waals surface area contributed by atoms with Gasteiger partial charge in [0.1, 0.15) is 0 Å². The van der Waals surface area contributed by atoms with E-state index in [1.807, 2.05) is 0 Å². The molecule has 0 spiro atoms. The summed E-state index contributed by atoms with van der Waals surface area (Å²) in [6.45, 7) is 10.3. The molecule has 0 nitrogen and oxygen atoms in total. The van der Waals surface area contributed by atoms with Crippen molar-refractivity contribution in [2.75, 3.05) is 0 Å². The van der Waals surface area contributed by atoms with Crippen molar-refractivity contribution in [3.05, 3.63) is 34.4 Å². The largest absolute Gasteiger partial charge is 0.203 e. The molecule has 0 radical (unpaired) electrons. The lowest BCUT2D eigenvalue weighted by Crippen LogP contribution is -2.30. The van der Waals surface area contributed by atoms with Crippen LogP contribution in [0.15, 0.2) is 0 Å². The molecule has 1 rings (SSSR count). The van der Waals surface area contributed by atoms with Gasteiger partial charge in [0.15, 0.2) is 23.3 Å². The van der Waals surface area contributed by atoms with Crippen molar-refractivity contribution in [3.8, 4) is 0 Å². The van der Waals surface area contributed by atoms with Gasteiger partial charge in [0, 0.05) is 11.1 Å². The van der Waals surface area contributed by atoms with Crippen LogP contribution in [0.25, 0.3) is 0 Å². The number of rotatable bonds is 6. The number of benzene rings is 1. The predicted molar refractivity (Wildman–Crippen MR) is 82.1 cm³/mol. The second-order valence-electron chi connectivity index (χ2n) is 6.54. The van der Waals surface area contributed by atoms with E-state index in [0.29, 0.717) is 25.7 Å². The first-order valence-corrected chi connectivity index (χ1v) is 8.00. The summed E-state index contributed by atoms with van der Waals surface area (Å²) in [5.41, 5.74) is -2.79. The number of halogens is 4. The molecule has 126 valence electrons. The van der Waals surface area contributed by atoms with Gasteiger partial charge in [-0.15, -0.1) is 0 Å². The fourth-order valence-electron chi connectivity index (χ4n) is 2.90. The summed E-state index contributed by atoms with van der Waals surface area (Å²) in [5, 5.41) is 0. The Balaban J connectivity index is 3.80. The van der Waals surface area contributed by atoms with E-state index in [0.717, 1.165) is 0 Å². The molecule has 22 heavy (non-hydrogen) atoms. The maximum Gasteiger partial charge on any atom is 0.166 e. The lowest BCUT2D eigenvalue weighted by molar-refractivity contribution is 0.326. The molecule has 0 bridgehead atoms. The lowest BCUT2D eigenvalue weighted by atomic mass is 9.73. The van der Waals surface area contributed by atoms with Crippen LogP contribution in [-0.4, -0.2) is 0 Å². The molecule has 0 saturated carbocycles. The van der Waals surface area contributed by atoms with Crippen LogP contribution in [0.1, 0.15) is 78.4 Å². The number of hydrogen-bond donors (Lipinski definition) is 0. The van der Waals surface area contributed by atoms with Crippen LogP contribution < -0.4 is 0 Å². The highest BCUT2D eigenvalue weighted by atomic mass is 19.2. The normalized spacial score (nSPS) is 12.8. The van der Waals surface area contributed by atoms with Gasteiger partial charge in [0.2, 0.25) is 0 Å². The summed E-state index contributed by atoms with van der Waals surface area (Å²) in [4.78, 5) is 0. The summed E-state index contributed by atoms with van der Waals surface area (Å²) in [7, 11) is 0. The monoisotopic (exact) mass is 318 g/mol. The first-order valence-electron chi connectivity index (χ1n) is 8.00. The third-order valence-electron chi connectivity index (χ3n) is 5.59. The minimum Gasteiger partial charge on any atom is -0.203 e. The molecule has 0 fully saturated rings. The first kappa shape index (κ1) is 19.0. The van der Waals surface area contributed by atoms with E-state index >= 15 is 0 Å². The highest BCUT2D eigenvalue weighted by Crippen LogP contribution is 2.42. The Morgan fingerprint density at radius 2 is 0.727 bits per heavy atom. The topological polar surface area (TPSA) is 0 Å². The van der Waals surface area contributed by atoms with Crippen molar-refractivity contribution in [2.45, 2.75) is 78.1 Å². The van der Waals surface area contributed by atoms with E-state index in [1.165, 1.54) is 0 Å². The minimum absolute atomic E-state index is 0.397. The van der Waals surface area contributed by atoms with E-state index in [9.17, 15) is 17.6 Å². The first-order chi connectivity index (χ1) is 10.1. The van der Waals surface area contributed by atoms with Crippen molar-refractivity contribution in [1.82, 2.24) is 0 Å². The zero-order chi connectivity index (χ0) is 17.3. The van der Waals surface area contributed by atoms with Gasteiger partial charge in [0.05, 0.1) is 0 Å². The summed E-state index contributed by atoms with van der Waals surface area (Å²) < 4.78 is 58.4. The fraction of sp³-hybridized carbons (Fsp3) is 0.667. The molecule has 0 aliphatic carbocycles. The molecular formula is C18H26F4. The van der Waals surface area contributed by atoms with Gasteiger partial charge >= 0.3 is 0 Å². The Morgan fingerprint density at radius 3 is 0.864 bits per heavy atom. The molecule has 0 aromatic heterocycles. The fourth-order valence-corrected chi connectivity index (χ4v) is 2.90. The van der Waals surface area contributed by atoms with Crippen molar-refractivity contribution < 1.29 is 17.6 Å².